The molecule has 0 bridgehead atoms. The number of rotatable bonds is 45. The van der Waals surface area contributed by atoms with E-state index < -0.39 is 63.2 Å². The molecule has 1 amide bonds. The van der Waals surface area contributed by atoms with Crippen molar-refractivity contribution < 1.29 is 53.9 Å². The van der Waals surface area contributed by atoms with Gasteiger partial charge in [-0.1, -0.05) is 239 Å². The van der Waals surface area contributed by atoms with Crippen LogP contribution < -0.4 is 5.32 Å². The lowest BCUT2D eigenvalue weighted by atomic mass is 9.85. The number of carbonyl (C=O) groups excluding carboxylic acids is 1. The van der Waals surface area contributed by atoms with Crippen molar-refractivity contribution in [3.63, 3.8) is 0 Å². The predicted molar refractivity (Wildman–Crippen MR) is 255 cm³/mol. The van der Waals surface area contributed by atoms with Crippen LogP contribution in [0.3, 0.4) is 0 Å². The van der Waals surface area contributed by atoms with E-state index in [1.54, 1.807) is 0 Å². The number of nitrogens with one attached hydrogen (secondary N) is 1. The number of unbranched alkanes of at least 4 members (excludes halogenated alkanes) is 34. The van der Waals surface area contributed by atoms with E-state index in [4.69, 9.17) is 9.05 Å². The molecule has 1 saturated carbocycles. The molecule has 0 radical (unpaired) electrons. The molecule has 1 fully saturated rings. The zero-order chi connectivity index (χ0) is 46.4. The number of phosphoric ester groups is 1. The summed E-state index contributed by atoms with van der Waals surface area (Å²) in [5, 5.41) is 64.3. The van der Waals surface area contributed by atoms with Gasteiger partial charge in [0, 0.05) is 6.42 Å². The van der Waals surface area contributed by atoms with Crippen molar-refractivity contribution >= 4 is 13.7 Å². The second-order valence-electron chi connectivity index (χ2n) is 19.1. The van der Waals surface area contributed by atoms with Crippen molar-refractivity contribution in [3.05, 3.63) is 0 Å². The molecule has 1 aliphatic rings. The summed E-state index contributed by atoms with van der Waals surface area (Å²) in [5.74, 6) is -0.302. The summed E-state index contributed by atoms with van der Waals surface area (Å²) >= 11 is 0. The molecule has 3 unspecified atom stereocenters. The maximum Gasteiger partial charge on any atom is 0.472 e. The number of hydrogen-bond acceptors (Lipinski definition) is 10. The van der Waals surface area contributed by atoms with Gasteiger partial charge < -0.3 is 40.8 Å². The summed E-state index contributed by atoms with van der Waals surface area (Å²) in [6, 6.07) is -1.03. The highest BCUT2D eigenvalue weighted by atomic mass is 31.2. The van der Waals surface area contributed by atoms with Gasteiger partial charge in [-0.2, -0.15) is 0 Å². The lowest BCUT2D eigenvalue weighted by Gasteiger charge is -2.41. The fraction of sp³-hybridized carbons (Fsp3) is 0.980. The maximum atomic E-state index is 13.0. The summed E-state index contributed by atoms with van der Waals surface area (Å²) in [6.07, 6.45) is 32.8. The molecule has 9 atom stereocenters. The van der Waals surface area contributed by atoms with Crippen LogP contribution in [0.15, 0.2) is 0 Å². The number of phosphoric acid groups is 1. The molecule has 1 aliphatic carbocycles. The Morgan fingerprint density at radius 2 is 0.762 bits per heavy atom. The topological polar surface area (TPSA) is 206 Å². The third-order valence-electron chi connectivity index (χ3n) is 13.2. The molecular weight excluding hydrogens is 822 g/mol. The average molecular weight is 922 g/mol. The van der Waals surface area contributed by atoms with Gasteiger partial charge in [0.25, 0.3) is 0 Å². The second kappa shape index (κ2) is 40.4. The highest BCUT2D eigenvalue weighted by molar-refractivity contribution is 7.47. The zero-order valence-corrected chi connectivity index (χ0v) is 41.3. The summed E-state index contributed by atoms with van der Waals surface area (Å²) in [4.78, 5) is 23.5. The van der Waals surface area contributed by atoms with Crippen LogP contribution in [0.5, 0.6) is 0 Å². The van der Waals surface area contributed by atoms with E-state index in [0.29, 0.717) is 19.3 Å². The van der Waals surface area contributed by atoms with Gasteiger partial charge in [-0.15, -0.1) is 0 Å². The Bertz CT molecular complexity index is 1070. The molecule has 0 spiro atoms. The van der Waals surface area contributed by atoms with Crippen molar-refractivity contribution in [2.45, 2.75) is 307 Å². The van der Waals surface area contributed by atoms with Crippen LogP contribution in [0.4, 0.5) is 0 Å². The first-order valence-corrected chi connectivity index (χ1v) is 28.0. The molecule has 0 aromatic heterocycles. The number of amides is 1. The van der Waals surface area contributed by atoms with Crippen LogP contribution in [0.1, 0.15) is 258 Å². The summed E-state index contributed by atoms with van der Waals surface area (Å²) in [6.45, 7) is 3.92. The van der Waals surface area contributed by atoms with Gasteiger partial charge in [0.1, 0.15) is 36.6 Å². The molecule has 376 valence electrons. The third-order valence-corrected chi connectivity index (χ3v) is 14.2. The Morgan fingerprint density at radius 3 is 1.10 bits per heavy atom. The predicted octanol–water partition coefficient (Wildman–Crippen LogP) is 11.0. The number of aliphatic hydroxyl groups excluding tert-OH is 6. The quantitative estimate of drug-likeness (QED) is 0.0213. The molecule has 13 heteroatoms. The van der Waals surface area contributed by atoms with E-state index >= 15 is 0 Å². The minimum Gasteiger partial charge on any atom is -0.391 e. The Labute approximate surface area is 385 Å². The molecule has 1 rings (SSSR count). The molecule has 63 heavy (non-hydrogen) atoms. The van der Waals surface area contributed by atoms with Crippen LogP contribution in [-0.2, 0) is 18.4 Å². The average Bonchev–Trinajstić information content (AvgIpc) is 3.27. The normalized spacial score (nSPS) is 22.2. The van der Waals surface area contributed by atoms with E-state index in [0.717, 1.165) is 38.5 Å². The van der Waals surface area contributed by atoms with Crippen molar-refractivity contribution in [1.29, 1.82) is 0 Å². The van der Waals surface area contributed by atoms with E-state index in [9.17, 15) is 44.9 Å². The van der Waals surface area contributed by atoms with Crippen molar-refractivity contribution in [2.75, 3.05) is 6.61 Å². The van der Waals surface area contributed by atoms with Crippen LogP contribution in [-0.4, -0.2) is 96.8 Å². The minimum absolute atomic E-state index is 0.243. The van der Waals surface area contributed by atoms with Crippen LogP contribution in [0.2, 0.25) is 0 Å². The Balaban J connectivity index is 2.33. The minimum atomic E-state index is -5.05. The van der Waals surface area contributed by atoms with Gasteiger partial charge in [0.15, 0.2) is 0 Å². The number of hydrogen-bond donors (Lipinski definition) is 8. The smallest absolute Gasteiger partial charge is 0.391 e. The Kier molecular flexibility index (Phi) is 38.7. The summed E-state index contributed by atoms with van der Waals surface area (Å²) < 4.78 is 23.0. The standard InChI is InChI=1S/C50H100NO11P/c1-3-5-7-9-11-13-15-17-18-19-20-21-22-23-24-25-26-28-30-32-34-36-38-40-44(53)51-42(43(52)39-37-35-33-31-29-27-16-14-12-10-8-6-4-2)41-61-63(59,60)62-50-48(57)46(55)45(54)47(56)49(50)58/h42-43,45-50,52,54-58H,3-41H2,1-2H3,(H,51,53)(H,59,60)/t42-,43+,45?,46-,47+,48+,49+,50?/m0/s1. The highest BCUT2D eigenvalue weighted by Crippen LogP contribution is 2.47. The number of aliphatic hydroxyl groups is 6. The Hall–Kier alpha value is -0.660. The van der Waals surface area contributed by atoms with Crippen LogP contribution in [0, 0.1) is 0 Å². The van der Waals surface area contributed by atoms with E-state index in [1.165, 1.54) is 180 Å². The van der Waals surface area contributed by atoms with Gasteiger partial charge in [-0.3, -0.25) is 13.8 Å². The molecule has 0 aromatic carbocycles. The molecule has 0 heterocycles. The van der Waals surface area contributed by atoms with Gasteiger partial charge in [-0.05, 0) is 12.8 Å². The second-order valence-corrected chi connectivity index (χ2v) is 20.5. The summed E-state index contributed by atoms with van der Waals surface area (Å²) in [7, 11) is -5.05. The fourth-order valence-corrected chi connectivity index (χ4v) is 9.82. The maximum absolute atomic E-state index is 13.0. The van der Waals surface area contributed by atoms with E-state index in [1.807, 2.05) is 0 Å². The Morgan fingerprint density at radius 1 is 0.476 bits per heavy atom. The van der Waals surface area contributed by atoms with Gasteiger partial charge in [0.05, 0.1) is 18.8 Å². The molecule has 0 aromatic rings. The van der Waals surface area contributed by atoms with Crippen molar-refractivity contribution in [1.82, 2.24) is 5.32 Å². The third kappa shape index (κ3) is 31.9. The first-order chi connectivity index (χ1) is 30.4. The first-order valence-electron chi connectivity index (χ1n) is 26.5. The van der Waals surface area contributed by atoms with Gasteiger partial charge in [-0.25, -0.2) is 4.57 Å². The van der Waals surface area contributed by atoms with Crippen molar-refractivity contribution in [3.8, 4) is 0 Å². The lowest BCUT2D eigenvalue weighted by molar-refractivity contribution is -0.220. The van der Waals surface area contributed by atoms with Crippen molar-refractivity contribution in [2.24, 2.45) is 0 Å². The molecule has 8 N–H and O–H groups in total. The molecular formula is C50H100NO11P. The largest absolute Gasteiger partial charge is 0.472 e. The fourth-order valence-electron chi connectivity index (χ4n) is 8.85. The molecule has 0 saturated heterocycles. The van der Waals surface area contributed by atoms with E-state index in [2.05, 4.69) is 19.2 Å². The highest BCUT2D eigenvalue weighted by Gasteiger charge is 2.51. The SMILES string of the molecule is CCCCCCCCCCCCCCCCCCCCCCCCCC(=O)N[C@@H](COP(=O)(O)OC1[C@H](O)[C@H](O)C(O)[C@H](O)[C@H]1O)[C@H](O)CCCCCCCCCCCCCCC. The molecule has 12 nitrogen and oxygen atoms in total. The van der Waals surface area contributed by atoms with E-state index in [-0.39, 0.29) is 12.3 Å². The van der Waals surface area contributed by atoms with Crippen LogP contribution in [0.25, 0.3) is 0 Å². The van der Waals surface area contributed by atoms with Crippen LogP contribution >= 0.6 is 7.82 Å². The molecule has 0 aliphatic heterocycles. The number of carbonyl (C=O) groups is 1. The lowest BCUT2D eigenvalue weighted by Crippen LogP contribution is -2.64. The van der Waals surface area contributed by atoms with Gasteiger partial charge >= 0.3 is 7.82 Å². The first kappa shape index (κ1) is 60.4. The zero-order valence-electron chi connectivity index (χ0n) is 40.4. The van der Waals surface area contributed by atoms with Gasteiger partial charge in [0.2, 0.25) is 5.91 Å². The summed E-state index contributed by atoms with van der Waals surface area (Å²) in [5.41, 5.74) is 0. The monoisotopic (exact) mass is 922 g/mol.